The van der Waals surface area contributed by atoms with Crippen LogP contribution in [0.4, 0.5) is 0 Å². The first-order valence-corrected chi connectivity index (χ1v) is 14.4. The van der Waals surface area contributed by atoms with Gasteiger partial charge in [0.1, 0.15) is 18.3 Å². The van der Waals surface area contributed by atoms with Gasteiger partial charge in [0.05, 0.1) is 0 Å². The number of carbonyl (C=O) groups is 2. The van der Waals surface area contributed by atoms with Crippen molar-refractivity contribution in [3.05, 3.63) is 11.6 Å². The van der Waals surface area contributed by atoms with Crippen LogP contribution in [-0.4, -0.2) is 17.9 Å². The van der Waals surface area contributed by atoms with Gasteiger partial charge in [-0.05, 0) is 97.7 Å². The van der Waals surface area contributed by atoms with Gasteiger partial charge in [-0.2, -0.15) is 0 Å². The summed E-state index contributed by atoms with van der Waals surface area (Å²) in [4.78, 5) is 24.3. The van der Waals surface area contributed by atoms with Crippen LogP contribution in [0, 0.1) is 52.3 Å². The van der Waals surface area contributed by atoms with Crippen LogP contribution in [0.3, 0.4) is 0 Å². The minimum absolute atomic E-state index is 0.0202. The van der Waals surface area contributed by atoms with Crippen molar-refractivity contribution in [2.24, 2.45) is 52.3 Å². The first kappa shape index (κ1) is 26.0. The lowest BCUT2D eigenvalue weighted by atomic mass is 9.47. The lowest BCUT2D eigenvalue weighted by Crippen LogP contribution is -2.51. The van der Waals surface area contributed by atoms with E-state index in [0.717, 1.165) is 54.8 Å². The largest absolute Gasteiger partial charge is 0.462 e. The number of fused-ring (bicyclic) bond motifs is 5. The third kappa shape index (κ3) is 4.66. The number of rotatable bonds is 7. The van der Waals surface area contributed by atoms with Gasteiger partial charge in [0.2, 0.25) is 0 Å². The van der Waals surface area contributed by atoms with Gasteiger partial charge in [-0.15, -0.1) is 0 Å². The molecule has 4 aliphatic carbocycles. The van der Waals surface area contributed by atoms with Crippen LogP contribution < -0.4 is 0 Å². The van der Waals surface area contributed by atoms with E-state index in [2.05, 4.69) is 40.7 Å². The van der Waals surface area contributed by atoms with E-state index in [1.807, 2.05) is 13.8 Å². The number of carbonyl (C=O) groups excluding carboxylic acids is 2. The third-order valence-electron chi connectivity index (χ3n) is 10.9. The number of ketones is 1. The van der Waals surface area contributed by atoms with Gasteiger partial charge in [-0.3, -0.25) is 9.59 Å². The Balaban J connectivity index is 1.44. The summed E-state index contributed by atoms with van der Waals surface area (Å²) in [5.41, 5.74) is 2.33. The van der Waals surface area contributed by atoms with Crippen LogP contribution in [0.1, 0.15) is 113 Å². The summed E-state index contributed by atoms with van der Waals surface area (Å²) in [6.07, 6.45) is 13.5. The van der Waals surface area contributed by atoms with Crippen LogP contribution in [0.15, 0.2) is 11.6 Å². The van der Waals surface area contributed by atoms with Crippen LogP contribution >= 0.6 is 0 Å². The Morgan fingerprint density at radius 1 is 1.00 bits per heavy atom. The van der Waals surface area contributed by atoms with Crippen LogP contribution in [-0.2, 0) is 14.3 Å². The predicted molar refractivity (Wildman–Crippen MR) is 138 cm³/mol. The topological polar surface area (TPSA) is 43.4 Å². The van der Waals surface area contributed by atoms with Crippen molar-refractivity contribution in [2.75, 3.05) is 0 Å². The number of allylic oxidation sites excluding steroid dienone is 1. The van der Waals surface area contributed by atoms with Gasteiger partial charge in [-0.25, -0.2) is 0 Å². The van der Waals surface area contributed by atoms with Crippen molar-refractivity contribution >= 4 is 11.8 Å². The summed E-state index contributed by atoms with van der Waals surface area (Å²) >= 11 is 0. The van der Waals surface area contributed by atoms with E-state index in [4.69, 9.17) is 4.74 Å². The third-order valence-corrected chi connectivity index (χ3v) is 10.9. The first-order valence-electron chi connectivity index (χ1n) is 14.4. The molecule has 0 aromatic rings. The highest BCUT2D eigenvalue weighted by molar-refractivity contribution is 5.96. The molecular weight excluding hydrogens is 420 g/mol. The van der Waals surface area contributed by atoms with Gasteiger partial charge >= 0.3 is 5.97 Å². The molecule has 3 fully saturated rings. The number of ether oxygens (including phenoxy) is 1. The summed E-state index contributed by atoms with van der Waals surface area (Å²) < 4.78 is 5.80. The van der Waals surface area contributed by atoms with Crippen molar-refractivity contribution in [1.29, 1.82) is 0 Å². The van der Waals surface area contributed by atoms with E-state index < -0.39 is 0 Å². The molecule has 0 N–H and O–H groups in total. The second-order valence-electron chi connectivity index (χ2n) is 13.7. The fourth-order valence-electron chi connectivity index (χ4n) is 9.19. The zero-order chi connectivity index (χ0) is 24.8. The molecule has 0 aromatic heterocycles. The minimum Gasteiger partial charge on any atom is -0.462 e. The minimum atomic E-state index is -0.331. The Bertz CT molecular complexity index is 809. The zero-order valence-electron chi connectivity index (χ0n) is 23.0. The Labute approximate surface area is 208 Å². The number of esters is 1. The molecule has 0 amide bonds. The Morgan fingerprint density at radius 3 is 2.41 bits per heavy atom. The predicted octanol–water partition coefficient (Wildman–Crippen LogP) is 7.77. The summed E-state index contributed by atoms with van der Waals surface area (Å²) in [5.74, 6) is 4.54. The molecular formula is C31H50O3. The highest BCUT2D eigenvalue weighted by Crippen LogP contribution is 2.67. The molecule has 0 aliphatic heterocycles. The van der Waals surface area contributed by atoms with E-state index in [0.29, 0.717) is 5.41 Å². The van der Waals surface area contributed by atoms with Crippen LogP contribution in [0.25, 0.3) is 0 Å². The average molecular weight is 471 g/mol. The standard InChI is InChI=1S/C31H50O3/c1-19(2)16-21(5)25-10-11-26-24-9-8-22-17-23(34-29(33)18-28(32)20(3)4)12-14-30(22,6)27(24)13-15-31(25,26)7/h8,19-21,23-27H,9-18H2,1-7H3/t21?,23?,24?,25-,26?,27?,30+,31-/m1/s1. The van der Waals surface area contributed by atoms with Crippen molar-refractivity contribution in [1.82, 2.24) is 0 Å². The smallest absolute Gasteiger partial charge is 0.313 e. The molecule has 0 radical (unpaired) electrons. The Hall–Kier alpha value is -1.12. The first-order chi connectivity index (χ1) is 16.0. The number of hydrogen-bond acceptors (Lipinski definition) is 3. The Kier molecular flexibility index (Phi) is 7.43. The highest BCUT2D eigenvalue weighted by atomic mass is 16.5. The molecule has 0 spiro atoms. The summed E-state index contributed by atoms with van der Waals surface area (Å²) in [6.45, 7) is 16.2. The second kappa shape index (κ2) is 9.74. The van der Waals surface area contributed by atoms with Crippen LogP contribution in [0.2, 0.25) is 0 Å². The van der Waals surface area contributed by atoms with Gasteiger partial charge in [-0.1, -0.05) is 60.1 Å². The quantitative estimate of drug-likeness (QED) is 0.217. The van der Waals surface area contributed by atoms with E-state index in [9.17, 15) is 9.59 Å². The fourth-order valence-corrected chi connectivity index (χ4v) is 9.19. The van der Waals surface area contributed by atoms with Crippen molar-refractivity contribution in [3.63, 3.8) is 0 Å². The molecule has 3 heteroatoms. The Morgan fingerprint density at radius 2 is 1.74 bits per heavy atom. The van der Waals surface area contributed by atoms with Gasteiger partial charge in [0.25, 0.3) is 0 Å². The van der Waals surface area contributed by atoms with Crippen LogP contribution in [0.5, 0.6) is 0 Å². The molecule has 5 unspecified atom stereocenters. The van der Waals surface area contributed by atoms with Gasteiger partial charge < -0.3 is 4.74 Å². The molecule has 0 heterocycles. The number of hydrogen-bond donors (Lipinski definition) is 0. The molecule has 0 saturated heterocycles. The van der Waals surface area contributed by atoms with Crippen molar-refractivity contribution in [3.8, 4) is 0 Å². The molecule has 4 rings (SSSR count). The summed E-state index contributed by atoms with van der Waals surface area (Å²) in [6, 6.07) is 0. The van der Waals surface area contributed by atoms with E-state index in [1.54, 1.807) is 5.57 Å². The molecule has 192 valence electrons. The van der Waals surface area contributed by atoms with E-state index >= 15 is 0 Å². The summed E-state index contributed by atoms with van der Waals surface area (Å²) in [5, 5.41) is 0. The van der Waals surface area contributed by atoms with Crippen molar-refractivity contribution < 1.29 is 14.3 Å². The average Bonchev–Trinajstić information content (AvgIpc) is 3.10. The molecule has 34 heavy (non-hydrogen) atoms. The maximum Gasteiger partial charge on any atom is 0.313 e. The van der Waals surface area contributed by atoms with Crippen molar-refractivity contribution in [2.45, 2.75) is 119 Å². The lowest BCUT2D eigenvalue weighted by molar-refractivity contribution is -0.153. The maximum absolute atomic E-state index is 12.3. The van der Waals surface area contributed by atoms with E-state index in [1.165, 1.54) is 38.5 Å². The van der Waals surface area contributed by atoms with E-state index in [-0.39, 0.29) is 35.6 Å². The molecule has 0 bridgehead atoms. The lowest BCUT2D eigenvalue weighted by Gasteiger charge is -2.58. The highest BCUT2D eigenvalue weighted by Gasteiger charge is 2.59. The van der Waals surface area contributed by atoms with Gasteiger partial charge in [0, 0.05) is 12.3 Å². The summed E-state index contributed by atoms with van der Waals surface area (Å²) in [7, 11) is 0. The molecule has 8 atom stereocenters. The zero-order valence-corrected chi connectivity index (χ0v) is 23.0. The molecule has 3 nitrogen and oxygen atoms in total. The monoisotopic (exact) mass is 470 g/mol. The maximum atomic E-state index is 12.3. The number of Topliss-reactive ketones (excluding diaryl/α,β-unsaturated/α-hetero) is 1. The molecule has 0 aromatic carbocycles. The molecule has 3 saturated carbocycles. The van der Waals surface area contributed by atoms with Gasteiger partial charge in [0.15, 0.2) is 0 Å². The normalized spacial score (nSPS) is 40.3. The molecule has 4 aliphatic rings. The fraction of sp³-hybridized carbons (Fsp3) is 0.871. The SMILES string of the molecule is CC(C)CC(C)[C@H]1CCC2C3CC=C4CC(OC(=O)CC(=O)C(C)C)CC[C@]4(C)C3CC[C@@]21C. The second-order valence-corrected chi connectivity index (χ2v) is 13.7.